The fraction of sp³-hybridized carbons (Fsp3) is 0.588. The van der Waals surface area contributed by atoms with Crippen molar-refractivity contribution < 1.29 is 9.59 Å². The molecule has 0 saturated carbocycles. The van der Waals surface area contributed by atoms with Crippen LogP contribution in [0.4, 0.5) is 0 Å². The molecule has 1 atom stereocenters. The maximum Gasteiger partial charge on any atom is 0.262 e. The van der Waals surface area contributed by atoms with E-state index in [0.717, 1.165) is 28.8 Å². The van der Waals surface area contributed by atoms with Crippen molar-refractivity contribution in [2.75, 3.05) is 6.54 Å². The van der Waals surface area contributed by atoms with Crippen LogP contribution in [0.1, 0.15) is 49.0 Å². The zero-order chi connectivity index (χ0) is 18.8. The van der Waals surface area contributed by atoms with Gasteiger partial charge in [-0.05, 0) is 32.8 Å². The molecule has 2 aromatic heterocycles. The number of nitrogens with one attached hydrogen (secondary N) is 2. The van der Waals surface area contributed by atoms with Crippen molar-refractivity contribution in [3.8, 4) is 0 Å². The molecule has 9 heteroatoms. The maximum atomic E-state index is 12.5. The highest BCUT2D eigenvalue weighted by atomic mass is 35.5. The second-order valence-corrected chi connectivity index (χ2v) is 7.45. The first kappa shape index (κ1) is 22.4. The quantitative estimate of drug-likeness (QED) is 0.661. The molecule has 0 radical (unpaired) electrons. The van der Waals surface area contributed by atoms with E-state index >= 15 is 0 Å². The number of hydrogen-bond acceptors (Lipinski definition) is 5. The number of nitrogens with zero attached hydrogens (tertiary/aromatic N) is 2. The van der Waals surface area contributed by atoms with Crippen LogP contribution in [0.2, 0.25) is 0 Å². The summed E-state index contributed by atoms with van der Waals surface area (Å²) in [4.78, 5) is 26.4. The number of aryl methyl sites for hydroxylation is 2. The molecule has 26 heavy (non-hydrogen) atoms. The Balaban J connectivity index is 0.00000338. The Morgan fingerprint density at radius 3 is 2.50 bits per heavy atom. The number of halogens is 1. The van der Waals surface area contributed by atoms with E-state index in [0.29, 0.717) is 11.4 Å². The minimum Gasteiger partial charge on any atom is -0.348 e. The SMILES string of the molecule is CCC(CC)(CN)NC(=O)C(C)NC(=O)c1cc2c(C)nn(C)c2s1.Cl. The van der Waals surface area contributed by atoms with Crippen LogP contribution < -0.4 is 16.4 Å². The number of aromatic nitrogens is 2. The number of thiophene rings is 1. The van der Waals surface area contributed by atoms with Crippen molar-refractivity contribution in [2.24, 2.45) is 12.8 Å². The lowest BCUT2D eigenvalue weighted by Gasteiger charge is -2.32. The molecule has 0 aromatic carbocycles. The van der Waals surface area contributed by atoms with Gasteiger partial charge < -0.3 is 16.4 Å². The van der Waals surface area contributed by atoms with Gasteiger partial charge in [-0.1, -0.05) is 13.8 Å². The first-order valence-electron chi connectivity index (χ1n) is 8.53. The molecular formula is C17H28ClN5O2S. The predicted octanol–water partition coefficient (Wildman–Crippen LogP) is 2.12. The second-order valence-electron chi connectivity index (χ2n) is 6.41. The number of carbonyl (C=O) groups is 2. The number of carbonyl (C=O) groups excluding carboxylic acids is 2. The second kappa shape index (κ2) is 8.83. The molecule has 0 saturated heterocycles. The number of amides is 2. The van der Waals surface area contributed by atoms with Crippen LogP contribution in [0.5, 0.6) is 0 Å². The van der Waals surface area contributed by atoms with E-state index < -0.39 is 11.6 Å². The highest BCUT2D eigenvalue weighted by molar-refractivity contribution is 7.20. The van der Waals surface area contributed by atoms with Gasteiger partial charge in [0.2, 0.25) is 5.91 Å². The van der Waals surface area contributed by atoms with Gasteiger partial charge in [0.05, 0.1) is 16.1 Å². The summed E-state index contributed by atoms with van der Waals surface area (Å²) in [7, 11) is 1.85. The monoisotopic (exact) mass is 401 g/mol. The molecule has 146 valence electrons. The standard InChI is InChI=1S/C17H27N5O2S.ClH/c1-6-17(7-2,9-18)20-14(23)11(4)19-15(24)13-8-12-10(3)21-22(5)16(12)25-13;/h8,11H,6-7,9,18H2,1-5H3,(H,19,24)(H,20,23);1H. The Labute approximate surface area is 164 Å². The van der Waals surface area contributed by atoms with E-state index in [-0.39, 0.29) is 24.2 Å². The maximum absolute atomic E-state index is 12.5. The molecule has 2 amide bonds. The van der Waals surface area contributed by atoms with Gasteiger partial charge in [0.25, 0.3) is 5.91 Å². The van der Waals surface area contributed by atoms with E-state index in [2.05, 4.69) is 15.7 Å². The van der Waals surface area contributed by atoms with Crippen molar-refractivity contribution in [1.82, 2.24) is 20.4 Å². The van der Waals surface area contributed by atoms with Crippen molar-refractivity contribution in [3.63, 3.8) is 0 Å². The summed E-state index contributed by atoms with van der Waals surface area (Å²) >= 11 is 1.37. The molecule has 2 aromatic rings. The molecule has 2 rings (SSSR count). The number of rotatable bonds is 7. The molecule has 0 aliphatic rings. The summed E-state index contributed by atoms with van der Waals surface area (Å²) in [5.74, 6) is -0.476. The molecule has 0 bridgehead atoms. The number of nitrogens with two attached hydrogens (primary N) is 1. The lowest BCUT2D eigenvalue weighted by Crippen LogP contribution is -2.57. The summed E-state index contributed by atoms with van der Waals surface area (Å²) in [5.41, 5.74) is 6.29. The predicted molar refractivity (Wildman–Crippen MR) is 108 cm³/mol. The topological polar surface area (TPSA) is 102 Å². The highest BCUT2D eigenvalue weighted by Crippen LogP contribution is 2.27. The van der Waals surface area contributed by atoms with Gasteiger partial charge in [-0.15, -0.1) is 23.7 Å². The van der Waals surface area contributed by atoms with Crippen molar-refractivity contribution in [1.29, 1.82) is 0 Å². The molecule has 4 N–H and O–H groups in total. The summed E-state index contributed by atoms with van der Waals surface area (Å²) < 4.78 is 1.76. The first-order chi connectivity index (χ1) is 11.8. The molecule has 1 unspecified atom stereocenters. The molecule has 0 fully saturated rings. The van der Waals surface area contributed by atoms with Gasteiger partial charge in [0, 0.05) is 19.0 Å². The van der Waals surface area contributed by atoms with Crippen LogP contribution in [-0.4, -0.2) is 39.7 Å². The van der Waals surface area contributed by atoms with Gasteiger partial charge in [-0.2, -0.15) is 5.10 Å². The Kier molecular flexibility index (Phi) is 7.61. The minimum atomic E-state index is -0.638. The molecular weight excluding hydrogens is 374 g/mol. The Hall–Kier alpha value is -1.64. The fourth-order valence-electron chi connectivity index (χ4n) is 2.79. The number of hydrogen-bond donors (Lipinski definition) is 3. The van der Waals surface area contributed by atoms with Crippen LogP contribution >= 0.6 is 23.7 Å². The lowest BCUT2D eigenvalue weighted by atomic mass is 9.92. The molecule has 0 aliphatic heterocycles. The smallest absolute Gasteiger partial charge is 0.262 e. The molecule has 7 nitrogen and oxygen atoms in total. The Morgan fingerprint density at radius 1 is 1.38 bits per heavy atom. The molecule has 0 spiro atoms. The third kappa shape index (κ3) is 4.36. The molecule has 2 heterocycles. The summed E-state index contributed by atoms with van der Waals surface area (Å²) in [6.45, 7) is 7.95. The van der Waals surface area contributed by atoms with Gasteiger partial charge >= 0.3 is 0 Å². The van der Waals surface area contributed by atoms with Crippen molar-refractivity contribution in [2.45, 2.75) is 52.1 Å². The van der Waals surface area contributed by atoms with E-state index in [1.807, 2.05) is 33.9 Å². The highest BCUT2D eigenvalue weighted by Gasteiger charge is 2.29. The third-order valence-corrected chi connectivity index (χ3v) is 5.99. The Morgan fingerprint density at radius 2 is 2.00 bits per heavy atom. The van der Waals surface area contributed by atoms with Gasteiger partial charge in [-0.25, -0.2) is 0 Å². The fourth-order valence-corrected chi connectivity index (χ4v) is 3.81. The summed E-state index contributed by atoms with van der Waals surface area (Å²) in [6, 6.07) is 1.19. The Bertz CT molecular complexity index is 739. The first-order valence-corrected chi connectivity index (χ1v) is 9.34. The van der Waals surface area contributed by atoms with E-state index in [1.54, 1.807) is 11.6 Å². The third-order valence-electron chi connectivity index (χ3n) is 4.79. The van der Waals surface area contributed by atoms with Gasteiger partial charge in [0.15, 0.2) is 0 Å². The van der Waals surface area contributed by atoms with Gasteiger partial charge in [0.1, 0.15) is 10.9 Å². The normalized spacial score (nSPS) is 12.5. The summed E-state index contributed by atoms with van der Waals surface area (Å²) in [6.07, 6.45) is 1.49. The zero-order valence-electron chi connectivity index (χ0n) is 15.9. The van der Waals surface area contributed by atoms with E-state index in [1.165, 1.54) is 11.3 Å². The van der Waals surface area contributed by atoms with Crippen LogP contribution in [0.3, 0.4) is 0 Å². The van der Waals surface area contributed by atoms with Crippen LogP contribution in [0.25, 0.3) is 10.2 Å². The summed E-state index contributed by atoms with van der Waals surface area (Å²) in [5, 5.41) is 11.1. The van der Waals surface area contributed by atoms with E-state index in [4.69, 9.17) is 5.73 Å². The number of fused-ring (bicyclic) bond motifs is 1. The van der Waals surface area contributed by atoms with Crippen molar-refractivity contribution in [3.05, 3.63) is 16.6 Å². The molecule has 0 aliphatic carbocycles. The lowest BCUT2D eigenvalue weighted by molar-refractivity contribution is -0.124. The average molecular weight is 402 g/mol. The van der Waals surface area contributed by atoms with Crippen molar-refractivity contribution >= 4 is 45.8 Å². The minimum absolute atomic E-state index is 0. The average Bonchev–Trinajstić information content (AvgIpc) is 3.14. The van der Waals surface area contributed by atoms with Crippen LogP contribution in [0, 0.1) is 6.92 Å². The largest absolute Gasteiger partial charge is 0.348 e. The zero-order valence-corrected chi connectivity index (χ0v) is 17.5. The van der Waals surface area contributed by atoms with E-state index in [9.17, 15) is 9.59 Å². The van der Waals surface area contributed by atoms with Gasteiger partial charge in [-0.3, -0.25) is 14.3 Å². The van der Waals surface area contributed by atoms with Crippen LogP contribution in [0.15, 0.2) is 6.07 Å². The van der Waals surface area contributed by atoms with Crippen LogP contribution in [-0.2, 0) is 11.8 Å².